The molecule has 0 bridgehead atoms. The minimum absolute atomic E-state index is 0.0425. The van der Waals surface area contributed by atoms with Crippen LogP contribution in [0, 0.1) is 0 Å². The molecule has 100 heavy (non-hydrogen) atoms. The third-order valence-corrected chi connectivity index (χ3v) is 18.5. The molecule has 0 aromatic carbocycles. The van der Waals surface area contributed by atoms with Gasteiger partial charge in [0.2, 0.25) is 0 Å². The predicted molar refractivity (Wildman–Crippen MR) is 434 cm³/mol. The molecule has 0 aliphatic rings. The zero-order chi connectivity index (χ0) is 72.5. The molecule has 0 fully saturated rings. The van der Waals surface area contributed by atoms with Crippen molar-refractivity contribution < 1.29 is 42.1 Å². The van der Waals surface area contributed by atoms with E-state index in [0.29, 0.717) is 17.4 Å². The van der Waals surface area contributed by atoms with Gasteiger partial charge in [0.05, 0.1) is 27.7 Å². The van der Waals surface area contributed by atoms with Gasteiger partial charge in [-0.05, 0) is 128 Å². The van der Waals surface area contributed by atoms with Crippen molar-refractivity contribution in [2.75, 3.05) is 47.5 Å². The number of phosphoric ester groups is 1. The molecule has 0 radical (unpaired) electrons. The highest BCUT2D eigenvalue weighted by molar-refractivity contribution is 7.45. The lowest BCUT2D eigenvalue weighted by Gasteiger charge is -2.28. The van der Waals surface area contributed by atoms with Crippen molar-refractivity contribution >= 4 is 19.8 Å². The second-order valence-electron chi connectivity index (χ2n) is 28.4. The fourth-order valence-corrected chi connectivity index (χ4v) is 12.0. The van der Waals surface area contributed by atoms with Crippen LogP contribution in [0.3, 0.4) is 0 Å². The van der Waals surface area contributed by atoms with Crippen LogP contribution in [0.2, 0.25) is 0 Å². The van der Waals surface area contributed by atoms with Gasteiger partial charge in [0.1, 0.15) is 19.8 Å². The number of esters is 2. The van der Waals surface area contributed by atoms with E-state index in [1.807, 2.05) is 21.1 Å². The fourth-order valence-electron chi connectivity index (χ4n) is 11.3. The Morgan fingerprint density at radius 1 is 0.320 bits per heavy atom. The topological polar surface area (TPSA) is 111 Å². The summed E-state index contributed by atoms with van der Waals surface area (Å²) in [7, 11) is 1.14. The zero-order valence-electron chi connectivity index (χ0n) is 65.3. The summed E-state index contributed by atoms with van der Waals surface area (Å²) in [6, 6.07) is 0. The van der Waals surface area contributed by atoms with Gasteiger partial charge in [0.25, 0.3) is 7.82 Å². The number of carbonyl (C=O) groups excluding carboxylic acids is 2. The number of hydrogen-bond acceptors (Lipinski definition) is 8. The molecule has 572 valence electrons. The Labute approximate surface area is 617 Å². The van der Waals surface area contributed by atoms with Crippen LogP contribution in [0.5, 0.6) is 0 Å². The van der Waals surface area contributed by atoms with E-state index in [4.69, 9.17) is 18.5 Å². The van der Waals surface area contributed by atoms with Crippen LogP contribution in [-0.2, 0) is 32.7 Å². The normalized spacial score (nSPS) is 13.9. The molecule has 0 heterocycles. The molecule has 9 nitrogen and oxygen atoms in total. The summed E-state index contributed by atoms with van der Waals surface area (Å²) in [6.07, 6.45) is 118. The summed E-state index contributed by atoms with van der Waals surface area (Å²) in [5.41, 5.74) is 0. The minimum atomic E-state index is -4.66. The second-order valence-corrected chi connectivity index (χ2v) is 29.8. The average Bonchev–Trinajstić information content (AvgIpc) is 1.65. The number of nitrogens with zero attached hydrogens (tertiary/aromatic N) is 1. The lowest BCUT2D eigenvalue weighted by Crippen LogP contribution is -2.37. The molecule has 0 N–H and O–H groups in total. The van der Waals surface area contributed by atoms with Crippen molar-refractivity contribution in [2.45, 2.75) is 354 Å². The van der Waals surface area contributed by atoms with E-state index in [1.165, 1.54) is 193 Å². The highest BCUT2D eigenvalue weighted by Gasteiger charge is 2.22. The quantitative estimate of drug-likeness (QED) is 0.0195. The Bertz CT molecular complexity index is 2250. The van der Waals surface area contributed by atoms with Gasteiger partial charge in [-0.25, -0.2) is 0 Å². The van der Waals surface area contributed by atoms with Gasteiger partial charge >= 0.3 is 11.9 Å². The maximum Gasteiger partial charge on any atom is 0.306 e. The van der Waals surface area contributed by atoms with Crippen LogP contribution in [0.1, 0.15) is 348 Å². The Morgan fingerprint density at radius 3 is 0.850 bits per heavy atom. The number of likely N-dealkylation sites (N-methyl/N-ethyl adjacent to an activating group) is 1. The molecule has 2 atom stereocenters. The molecule has 0 saturated heterocycles. The van der Waals surface area contributed by atoms with Crippen molar-refractivity contribution in [1.82, 2.24) is 0 Å². The van der Waals surface area contributed by atoms with E-state index >= 15 is 0 Å². The van der Waals surface area contributed by atoms with Crippen molar-refractivity contribution in [2.24, 2.45) is 0 Å². The summed E-state index contributed by atoms with van der Waals surface area (Å²) in [6.45, 7) is 4.10. The molecule has 0 amide bonds. The minimum Gasteiger partial charge on any atom is -0.756 e. The van der Waals surface area contributed by atoms with Crippen LogP contribution >= 0.6 is 7.82 Å². The number of hydrogen-bond donors (Lipinski definition) is 0. The van der Waals surface area contributed by atoms with Gasteiger partial charge < -0.3 is 27.9 Å². The summed E-state index contributed by atoms with van der Waals surface area (Å²) in [5, 5.41) is 0. The molecular formula is C90H154NO8P. The van der Waals surface area contributed by atoms with Crippen LogP contribution < -0.4 is 4.89 Å². The first-order chi connectivity index (χ1) is 49.0. The second kappa shape index (κ2) is 78.8. The highest BCUT2D eigenvalue weighted by Crippen LogP contribution is 2.38. The standard InChI is InChI=1S/C90H154NO8P/c1-6-8-10-12-14-16-18-20-22-24-26-28-30-32-34-36-38-40-42-43-44-45-46-47-49-50-52-54-56-58-60-62-64-66-68-70-72-74-76-78-80-82-89(92)96-86-88(87-98-100(94,95)97-85-84-91(3,4)5)99-90(93)83-81-79-77-75-73-71-69-67-65-63-61-59-57-55-53-51-48-41-39-37-35-33-31-29-27-25-23-21-19-17-15-13-11-9-7-2/h9,11,15,17-18,20-21,23-24,26-27,29-30,32-33,35,39,41,51,53,57,59,63,65,69,71,88H,6-8,10,12-14,16,19,22,25,28,31,34,36-38,40,42-50,52,54-56,58,60-62,64,66-68,70,72-87H2,1-5H3/b11-9-,17-15-,20-18-,23-21-,26-24-,29-27-,32-30-,35-33-,41-39-,53-51-,59-57-,65-63-,71-69-. The molecule has 0 saturated carbocycles. The molecule has 2 unspecified atom stereocenters. The van der Waals surface area contributed by atoms with Gasteiger partial charge in [-0.15, -0.1) is 0 Å². The lowest BCUT2D eigenvalue weighted by atomic mass is 10.0. The molecule has 0 aliphatic carbocycles. The van der Waals surface area contributed by atoms with Crippen molar-refractivity contribution in [1.29, 1.82) is 0 Å². The molecule has 0 aromatic rings. The molecule has 10 heteroatoms. The fraction of sp³-hybridized carbons (Fsp3) is 0.689. The van der Waals surface area contributed by atoms with Gasteiger partial charge in [-0.2, -0.15) is 0 Å². The summed E-state index contributed by atoms with van der Waals surface area (Å²) >= 11 is 0. The third kappa shape index (κ3) is 82.6. The number of unbranched alkanes of at least 4 members (excludes halogenated alkanes) is 35. The maximum absolute atomic E-state index is 12.9. The summed E-state index contributed by atoms with van der Waals surface area (Å²) < 4.78 is 34.4. The number of allylic oxidation sites excluding steroid dienone is 26. The molecule has 0 spiro atoms. The lowest BCUT2D eigenvalue weighted by molar-refractivity contribution is -0.870. The summed E-state index contributed by atoms with van der Waals surface area (Å²) in [4.78, 5) is 38.2. The van der Waals surface area contributed by atoms with E-state index in [-0.39, 0.29) is 32.0 Å². The van der Waals surface area contributed by atoms with E-state index in [2.05, 4.69) is 172 Å². The Kier molecular flexibility index (Phi) is 75.3. The smallest absolute Gasteiger partial charge is 0.306 e. The van der Waals surface area contributed by atoms with E-state index in [0.717, 1.165) is 122 Å². The molecule has 0 aliphatic heterocycles. The van der Waals surface area contributed by atoms with E-state index in [1.54, 1.807) is 0 Å². The van der Waals surface area contributed by atoms with Gasteiger partial charge in [0.15, 0.2) is 6.10 Å². The van der Waals surface area contributed by atoms with Gasteiger partial charge in [-0.3, -0.25) is 14.2 Å². The van der Waals surface area contributed by atoms with Crippen molar-refractivity contribution in [3.8, 4) is 0 Å². The first kappa shape index (κ1) is 95.6. The Morgan fingerprint density at radius 2 is 0.570 bits per heavy atom. The number of rotatable bonds is 75. The van der Waals surface area contributed by atoms with Crippen LogP contribution in [0.15, 0.2) is 158 Å². The highest BCUT2D eigenvalue weighted by atomic mass is 31.2. The Balaban J connectivity index is 4.01. The SMILES string of the molecule is CC/C=C\C/C=C\C/C=C\C/C=C\C/C=C\C/C=C\C/C=C\C/C=C\C/C=C\C/C=C\CCCCCCC(=O)OC(COC(=O)CCCCCCCCCCCCCCCCCCCCCCCCCCCC/C=C\C/C=C\C/C=C\CCCCCCC)COP(=O)([O-])OCC[N+](C)(C)C. The predicted octanol–water partition coefficient (Wildman–Crippen LogP) is 27.2. The number of quaternary nitrogens is 1. The van der Waals surface area contributed by atoms with E-state index < -0.39 is 26.5 Å². The number of ether oxygens (including phenoxy) is 2. The monoisotopic (exact) mass is 1410 g/mol. The van der Waals surface area contributed by atoms with Crippen LogP contribution in [0.25, 0.3) is 0 Å². The average molecular weight is 1410 g/mol. The van der Waals surface area contributed by atoms with Crippen molar-refractivity contribution in [3.05, 3.63) is 158 Å². The zero-order valence-corrected chi connectivity index (χ0v) is 66.2. The first-order valence-corrected chi connectivity index (χ1v) is 42.7. The number of phosphoric acid groups is 1. The third-order valence-electron chi connectivity index (χ3n) is 17.5. The van der Waals surface area contributed by atoms with Crippen LogP contribution in [0.4, 0.5) is 0 Å². The molecular weight excluding hydrogens is 1250 g/mol. The number of carbonyl (C=O) groups is 2. The van der Waals surface area contributed by atoms with Crippen molar-refractivity contribution in [3.63, 3.8) is 0 Å². The molecule has 0 rings (SSSR count). The van der Waals surface area contributed by atoms with Gasteiger partial charge in [-0.1, -0.05) is 364 Å². The Hall–Kier alpha value is -4.37. The van der Waals surface area contributed by atoms with Gasteiger partial charge in [0, 0.05) is 12.8 Å². The van der Waals surface area contributed by atoms with E-state index in [9.17, 15) is 19.0 Å². The first-order valence-electron chi connectivity index (χ1n) is 41.2. The molecule has 0 aromatic heterocycles. The largest absolute Gasteiger partial charge is 0.756 e. The van der Waals surface area contributed by atoms with Crippen LogP contribution in [-0.4, -0.2) is 70.0 Å². The summed E-state index contributed by atoms with van der Waals surface area (Å²) in [5.74, 6) is -0.860. The maximum atomic E-state index is 12.9.